The van der Waals surface area contributed by atoms with Crippen molar-refractivity contribution in [1.29, 1.82) is 0 Å². The van der Waals surface area contributed by atoms with E-state index in [0.29, 0.717) is 5.92 Å². The van der Waals surface area contributed by atoms with Gasteiger partial charge in [-0.15, -0.1) is 0 Å². The van der Waals surface area contributed by atoms with Gasteiger partial charge >= 0.3 is 0 Å². The predicted octanol–water partition coefficient (Wildman–Crippen LogP) is 2.78. The largest absolute Gasteiger partial charge is 0.491 e. The molecule has 1 saturated carbocycles. The molecule has 1 atom stereocenters. The minimum absolute atomic E-state index is 0.191. The zero-order valence-electron chi connectivity index (χ0n) is 10.6. The van der Waals surface area contributed by atoms with E-state index in [1.807, 2.05) is 32.0 Å². The Kier molecular flexibility index (Phi) is 4.02. The van der Waals surface area contributed by atoms with Gasteiger partial charge in [0.15, 0.2) is 0 Å². The third-order valence-corrected chi connectivity index (χ3v) is 3.42. The summed E-state index contributed by atoms with van der Waals surface area (Å²) in [5.41, 5.74) is 4.14. The molecule has 0 spiro atoms. The number of rotatable bonds is 5. The number of hydrogen-bond acceptors (Lipinski definition) is 3. The highest BCUT2D eigenvalue weighted by atomic mass is 16.5. The first-order chi connectivity index (χ1) is 8.22. The molecule has 1 unspecified atom stereocenters. The molecule has 0 saturated heterocycles. The number of para-hydroxylation sites is 1. The van der Waals surface area contributed by atoms with E-state index < -0.39 is 0 Å². The van der Waals surface area contributed by atoms with E-state index in [1.54, 1.807) is 0 Å². The highest BCUT2D eigenvalue weighted by Crippen LogP contribution is 2.40. The summed E-state index contributed by atoms with van der Waals surface area (Å²) in [5, 5.41) is 0. The fourth-order valence-electron chi connectivity index (χ4n) is 2.35. The van der Waals surface area contributed by atoms with Gasteiger partial charge in [-0.05, 0) is 38.7 Å². The molecule has 0 bridgehead atoms. The fraction of sp³-hybridized carbons (Fsp3) is 0.571. The first-order valence-corrected chi connectivity index (χ1v) is 6.44. The van der Waals surface area contributed by atoms with Crippen molar-refractivity contribution >= 4 is 0 Å². The van der Waals surface area contributed by atoms with Crippen LogP contribution in [-0.2, 0) is 0 Å². The van der Waals surface area contributed by atoms with E-state index in [1.165, 1.54) is 24.8 Å². The lowest BCUT2D eigenvalue weighted by molar-refractivity contribution is 0.210. The maximum Gasteiger partial charge on any atom is 0.124 e. The van der Waals surface area contributed by atoms with E-state index in [0.717, 1.165) is 5.75 Å². The molecule has 1 aliphatic carbocycles. The van der Waals surface area contributed by atoms with Gasteiger partial charge in [0.1, 0.15) is 5.75 Å². The van der Waals surface area contributed by atoms with Crippen molar-refractivity contribution in [2.45, 2.75) is 45.3 Å². The Hall–Kier alpha value is -1.06. The monoisotopic (exact) mass is 234 g/mol. The van der Waals surface area contributed by atoms with E-state index in [2.05, 4.69) is 11.5 Å². The molecule has 1 fully saturated rings. The Balaban J connectivity index is 2.22. The van der Waals surface area contributed by atoms with Gasteiger partial charge in [-0.2, -0.15) is 0 Å². The van der Waals surface area contributed by atoms with Crippen LogP contribution in [0.1, 0.15) is 44.7 Å². The number of ether oxygens (including phenoxy) is 1. The first kappa shape index (κ1) is 12.4. The van der Waals surface area contributed by atoms with Gasteiger partial charge in [-0.25, -0.2) is 0 Å². The molecule has 94 valence electrons. The van der Waals surface area contributed by atoms with Crippen LogP contribution in [0.3, 0.4) is 0 Å². The molecule has 3 N–H and O–H groups in total. The van der Waals surface area contributed by atoms with Gasteiger partial charge in [0.2, 0.25) is 0 Å². The molecule has 1 aromatic rings. The van der Waals surface area contributed by atoms with Crippen LogP contribution in [0.15, 0.2) is 24.3 Å². The molecule has 1 aliphatic rings. The number of nitrogens with two attached hydrogens (primary N) is 1. The van der Waals surface area contributed by atoms with Crippen molar-refractivity contribution in [2.24, 2.45) is 11.8 Å². The molecule has 3 heteroatoms. The van der Waals surface area contributed by atoms with Gasteiger partial charge < -0.3 is 4.74 Å². The summed E-state index contributed by atoms with van der Waals surface area (Å²) < 4.78 is 5.85. The molecule has 3 nitrogen and oxygen atoms in total. The Morgan fingerprint density at radius 3 is 2.53 bits per heavy atom. The number of hydrogen-bond donors (Lipinski definition) is 2. The van der Waals surface area contributed by atoms with Crippen LogP contribution in [0.5, 0.6) is 5.75 Å². The highest BCUT2D eigenvalue weighted by molar-refractivity contribution is 5.36. The average Bonchev–Trinajstić information content (AvgIpc) is 2.23. The Morgan fingerprint density at radius 2 is 2.00 bits per heavy atom. The summed E-state index contributed by atoms with van der Waals surface area (Å²) in [5.74, 6) is 7.32. The van der Waals surface area contributed by atoms with Crippen molar-refractivity contribution < 1.29 is 4.74 Å². The predicted molar refractivity (Wildman–Crippen MR) is 69.6 cm³/mol. The van der Waals surface area contributed by atoms with Crippen molar-refractivity contribution in [1.82, 2.24) is 5.43 Å². The van der Waals surface area contributed by atoms with Crippen LogP contribution >= 0.6 is 0 Å². The van der Waals surface area contributed by atoms with Gasteiger partial charge in [-0.1, -0.05) is 24.6 Å². The third kappa shape index (κ3) is 2.79. The van der Waals surface area contributed by atoms with E-state index >= 15 is 0 Å². The summed E-state index contributed by atoms with van der Waals surface area (Å²) >= 11 is 0. The summed E-state index contributed by atoms with van der Waals surface area (Å²) in [7, 11) is 0. The standard InChI is InChI=1S/C14H22N2O/c1-10(2)17-13-9-4-3-8-12(13)14(16-15)11-6-5-7-11/h3-4,8-11,14,16H,5-7,15H2,1-2H3. The Morgan fingerprint density at radius 1 is 1.29 bits per heavy atom. The molecule has 0 heterocycles. The quantitative estimate of drug-likeness (QED) is 0.608. The van der Waals surface area contributed by atoms with Crippen molar-refractivity contribution in [3.8, 4) is 5.75 Å². The first-order valence-electron chi connectivity index (χ1n) is 6.44. The highest BCUT2D eigenvalue weighted by Gasteiger charge is 2.29. The SMILES string of the molecule is CC(C)Oc1ccccc1C(NN)C1CCC1. The Labute approximate surface area is 103 Å². The lowest BCUT2D eigenvalue weighted by Gasteiger charge is -2.34. The fourth-order valence-corrected chi connectivity index (χ4v) is 2.35. The summed E-state index contributed by atoms with van der Waals surface area (Å²) in [4.78, 5) is 0. The van der Waals surface area contributed by atoms with Crippen LogP contribution in [0.2, 0.25) is 0 Å². The summed E-state index contributed by atoms with van der Waals surface area (Å²) in [6, 6.07) is 8.42. The van der Waals surface area contributed by atoms with Crippen LogP contribution in [0.4, 0.5) is 0 Å². The van der Waals surface area contributed by atoms with Crippen LogP contribution in [0, 0.1) is 5.92 Å². The molecule has 0 radical (unpaired) electrons. The van der Waals surface area contributed by atoms with Gasteiger partial charge in [0.25, 0.3) is 0 Å². The maximum absolute atomic E-state index is 5.85. The van der Waals surface area contributed by atoms with E-state index in [-0.39, 0.29) is 12.1 Å². The van der Waals surface area contributed by atoms with Crippen molar-refractivity contribution in [3.05, 3.63) is 29.8 Å². The number of nitrogens with one attached hydrogen (secondary N) is 1. The average molecular weight is 234 g/mol. The van der Waals surface area contributed by atoms with E-state index in [4.69, 9.17) is 10.6 Å². The maximum atomic E-state index is 5.85. The lowest BCUT2D eigenvalue weighted by Crippen LogP contribution is -2.36. The van der Waals surface area contributed by atoms with Crippen LogP contribution < -0.4 is 16.0 Å². The summed E-state index contributed by atoms with van der Waals surface area (Å²) in [6.07, 6.45) is 4.02. The molecule has 0 aromatic heterocycles. The molecule has 1 aromatic carbocycles. The smallest absolute Gasteiger partial charge is 0.124 e. The molecule has 17 heavy (non-hydrogen) atoms. The lowest BCUT2D eigenvalue weighted by atomic mass is 9.77. The second kappa shape index (κ2) is 5.52. The van der Waals surface area contributed by atoms with Gasteiger partial charge in [0, 0.05) is 5.56 Å². The molecule has 0 amide bonds. The number of hydrazine groups is 1. The van der Waals surface area contributed by atoms with Crippen molar-refractivity contribution in [3.63, 3.8) is 0 Å². The van der Waals surface area contributed by atoms with Crippen molar-refractivity contribution in [2.75, 3.05) is 0 Å². The normalized spacial score (nSPS) is 17.9. The second-order valence-electron chi connectivity index (χ2n) is 5.04. The van der Waals surface area contributed by atoms with Gasteiger partial charge in [0.05, 0.1) is 12.1 Å². The minimum Gasteiger partial charge on any atom is -0.491 e. The molecular weight excluding hydrogens is 212 g/mol. The van der Waals surface area contributed by atoms with Crippen LogP contribution in [-0.4, -0.2) is 6.10 Å². The zero-order valence-corrected chi connectivity index (χ0v) is 10.6. The molecular formula is C14H22N2O. The number of benzene rings is 1. The van der Waals surface area contributed by atoms with Crippen LogP contribution in [0.25, 0.3) is 0 Å². The van der Waals surface area contributed by atoms with Gasteiger partial charge in [-0.3, -0.25) is 11.3 Å². The molecule has 2 rings (SSSR count). The zero-order chi connectivity index (χ0) is 12.3. The minimum atomic E-state index is 0.191. The van der Waals surface area contributed by atoms with E-state index in [9.17, 15) is 0 Å². The second-order valence-corrected chi connectivity index (χ2v) is 5.04. The Bertz CT molecular complexity index is 361. The summed E-state index contributed by atoms with van der Waals surface area (Å²) in [6.45, 7) is 4.09. The third-order valence-electron chi connectivity index (χ3n) is 3.42. The topological polar surface area (TPSA) is 47.3 Å². The molecule has 0 aliphatic heterocycles.